The number of carbonyl (C=O) groups is 1. The van der Waals surface area contributed by atoms with Gasteiger partial charge in [-0.1, -0.05) is 30.3 Å². The molecule has 0 saturated carbocycles. The molecule has 0 bridgehead atoms. The number of rotatable bonds is 4. The summed E-state index contributed by atoms with van der Waals surface area (Å²) in [7, 11) is 0. The number of thiazole rings is 1. The smallest absolute Gasteiger partial charge is 0.317 e. The van der Waals surface area contributed by atoms with E-state index >= 15 is 0 Å². The van der Waals surface area contributed by atoms with Gasteiger partial charge in [0.15, 0.2) is 0 Å². The number of benzene rings is 1. The molecule has 0 aliphatic carbocycles. The highest BCUT2D eigenvalue weighted by Crippen LogP contribution is 2.20. The van der Waals surface area contributed by atoms with Gasteiger partial charge in [0, 0.05) is 18.5 Å². The highest BCUT2D eigenvalue weighted by atomic mass is 32.1. The van der Waals surface area contributed by atoms with Crippen molar-refractivity contribution in [3.63, 3.8) is 0 Å². The fourth-order valence-corrected chi connectivity index (χ4v) is 3.29. The number of nitrogens with zero attached hydrogens (tertiary/aromatic N) is 2. The van der Waals surface area contributed by atoms with Crippen molar-refractivity contribution in [2.45, 2.75) is 19.4 Å². The summed E-state index contributed by atoms with van der Waals surface area (Å²) in [4.78, 5) is 18.2. The van der Waals surface area contributed by atoms with Crippen molar-refractivity contribution < 1.29 is 4.79 Å². The highest BCUT2D eigenvalue weighted by Gasteiger charge is 2.26. The van der Waals surface area contributed by atoms with Crippen LogP contribution in [0.4, 0.5) is 4.79 Å². The molecule has 1 aromatic carbocycles. The van der Waals surface area contributed by atoms with E-state index in [0.29, 0.717) is 12.5 Å². The van der Waals surface area contributed by atoms with Crippen LogP contribution >= 0.6 is 11.3 Å². The second-order valence-corrected chi connectivity index (χ2v) is 6.15. The normalized spacial score (nSPS) is 17.9. The molecule has 1 aliphatic rings. The number of nitrogens with one attached hydrogen (secondary N) is 1. The quantitative estimate of drug-likeness (QED) is 0.943. The summed E-state index contributed by atoms with van der Waals surface area (Å²) in [6.45, 7) is 2.21. The number of amides is 2. The van der Waals surface area contributed by atoms with Gasteiger partial charge in [-0.2, -0.15) is 0 Å². The zero-order valence-electron chi connectivity index (χ0n) is 11.9. The topological polar surface area (TPSA) is 45.2 Å². The van der Waals surface area contributed by atoms with E-state index in [2.05, 4.69) is 34.6 Å². The van der Waals surface area contributed by atoms with Crippen LogP contribution in [-0.2, 0) is 13.0 Å². The molecule has 5 heteroatoms. The Kier molecular flexibility index (Phi) is 4.50. The largest absolute Gasteiger partial charge is 0.332 e. The van der Waals surface area contributed by atoms with Crippen LogP contribution in [0.15, 0.2) is 41.2 Å². The van der Waals surface area contributed by atoms with E-state index in [9.17, 15) is 4.79 Å². The first kappa shape index (κ1) is 14.1. The third-order valence-corrected chi connectivity index (χ3v) is 4.48. The lowest BCUT2D eigenvalue weighted by Gasteiger charge is -2.17. The van der Waals surface area contributed by atoms with Crippen molar-refractivity contribution in [3.8, 4) is 0 Å². The Balaban J connectivity index is 1.46. The second-order valence-electron chi connectivity index (χ2n) is 5.43. The minimum atomic E-state index is 0.0264. The zero-order chi connectivity index (χ0) is 14.5. The maximum Gasteiger partial charge on any atom is 0.317 e. The first-order valence-electron chi connectivity index (χ1n) is 7.25. The molecule has 2 amide bonds. The standard InChI is InChI=1S/C16H19N3OS/c20-16(17-9-15-11-21-12-18-15)19-7-6-14(10-19)8-13-4-2-1-3-5-13/h1-5,11-12,14H,6-10H2,(H,17,20)/t14-/m1/s1. The summed E-state index contributed by atoms with van der Waals surface area (Å²) in [5.41, 5.74) is 4.06. The average molecular weight is 301 g/mol. The van der Waals surface area contributed by atoms with Gasteiger partial charge in [0.25, 0.3) is 0 Å². The molecule has 0 spiro atoms. The number of aromatic nitrogens is 1. The summed E-state index contributed by atoms with van der Waals surface area (Å²) in [6.07, 6.45) is 2.13. The minimum Gasteiger partial charge on any atom is -0.332 e. The highest BCUT2D eigenvalue weighted by molar-refractivity contribution is 7.07. The lowest BCUT2D eigenvalue weighted by molar-refractivity contribution is 0.206. The molecule has 3 rings (SSSR count). The zero-order valence-corrected chi connectivity index (χ0v) is 12.7. The van der Waals surface area contributed by atoms with Gasteiger partial charge in [-0.05, 0) is 24.3 Å². The molecule has 0 radical (unpaired) electrons. The predicted octanol–water partition coefficient (Wildman–Crippen LogP) is 2.92. The van der Waals surface area contributed by atoms with Gasteiger partial charge in [-0.15, -0.1) is 11.3 Å². The molecular weight excluding hydrogens is 282 g/mol. The molecule has 1 atom stereocenters. The molecule has 1 saturated heterocycles. The van der Waals surface area contributed by atoms with E-state index in [1.165, 1.54) is 5.56 Å². The fraction of sp³-hybridized carbons (Fsp3) is 0.375. The van der Waals surface area contributed by atoms with Crippen LogP contribution in [0.3, 0.4) is 0 Å². The number of hydrogen-bond acceptors (Lipinski definition) is 3. The molecular formula is C16H19N3OS. The fourth-order valence-electron chi connectivity index (χ4n) is 2.73. The summed E-state index contributed by atoms with van der Waals surface area (Å²) < 4.78 is 0. The van der Waals surface area contributed by atoms with Gasteiger partial charge in [-0.25, -0.2) is 9.78 Å². The Labute approximate surface area is 128 Å². The Morgan fingerprint density at radius 3 is 3.00 bits per heavy atom. The molecule has 1 fully saturated rings. The van der Waals surface area contributed by atoms with Gasteiger partial charge >= 0.3 is 6.03 Å². The van der Waals surface area contributed by atoms with E-state index in [1.54, 1.807) is 16.8 Å². The number of urea groups is 1. The molecule has 21 heavy (non-hydrogen) atoms. The van der Waals surface area contributed by atoms with Crippen LogP contribution in [0, 0.1) is 5.92 Å². The number of carbonyl (C=O) groups excluding carboxylic acids is 1. The summed E-state index contributed by atoms with van der Waals surface area (Å²) in [6, 6.07) is 10.5. The first-order chi connectivity index (χ1) is 10.3. The lowest BCUT2D eigenvalue weighted by Crippen LogP contribution is -2.38. The van der Waals surface area contributed by atoms with Gasteiger partial charge < -0.3 is 10.2 Å². The van der Waals surface area contributed by atoms with E-state index < -0.39 is 0 Å². The Hall–Kier alpha value is -1.88. The Bertz CT molecular complexity index is 570. The summed E-state index contributed by atoms with van der Waals surface area (Å²) >= 11 is 1.55. The number of likely N-dealkylation sites (tertiary alicyclic amines) is 1. The van der Waals surface area contributed by atoms with Gasteiger partial charge in [0.05, 0.1) is 17.7 Å². The van der Waals surface area contributed by atoms with Gasteiger partial charge in [-0.3, -0.25) is 0 Å². The van der Waals surface area contributed by atoms with E-state index in [4.69, 9.17) is 0 Å². The van der Waals surface area contributed by atoms with Crippen LogP contribution in [0.2, 0.25) is 0 Å². The molecule has 0 unspecified atom stereocenters. The molecule has 1 aromatic heterocycles. The van der Waals surface area contributed by atoms with Crippen molar-refractivity contribution in [2.75, 3.05) is 13.1 Å². The second kappa shape index (κ2) is 6.72. The molecule has 1 aliphatic heterocycles. The van der Waals surface area contributed by atoms with Gasteiger partial charge in [0.1, 0.15) is 0 Å². The van der Waals surface area contributed by atoms with E-state index in [0.717, 1.165) is 31.6 Å². The van der Waals surface area contributed by atoms with E-state index in [-0.39, 0.29) is 6.03 Å². The molecule has 110 valence electrons. The number of hydrogen-bond donors (Lipinski definition) is 1. The van der Waals surface area contributed by atoms with Gasteiger partial charge in [0.2, 0.25) is 0 Å². The third kappa shape index (κ3) is 3.82. The molecule has 1 N–H and O–H groups in total. The summed E-state index contributed by atoms with van der Waals surface area (Å²) in [5.74, 6) is 0.567. The summed E-state index contributed by atoms with van der Waals surface area (Å²) in [5, 5.41) is 4.90. The minimum absolute atomic E-state index is 0.0264. The van der Waals surface area contributed by atoms with Crippen molar-refractivity contribution in [1.29, 1.82) is 0 Å². The van der Waals surface area contributed by atoms with Crippen LogP contribution in [0.5, 0.6) is 0 Å². The Morgan fingerprint density at radius 2 is 2.24 bits per heavy atom. The maximum absolute atomic E-state index is 12.1. The third-order valence-electron chi connectivity index (χ3n) is 3.84. The maximum atomic E-state index is 12.1. The van der Waals surface area contributed by atoms with E-state index in [1.807, 2.05) is 16.3 Å². The Morgan fingerprint density at radius 1 is 1.38 bits per heavy atom. The predicted molar refractivity (Wildman–Crippen MR) is 84.2 cm³/mol. The van der Waals surface area contributed by atoms with Crippen LogP contribution in [0.1, 0.15) is 17.7 Å². The van der Waals surface area contributed by atoms with Crippen molar-refractivity contribution >= 4 is 17.4 Å². The van der Waals surface area contributed by atoms with Crippen LogP contribution in [-0.4, -0.2) is 29.0 Å². The van der Waals surface area contributed by atoms with Crippen LogP contribution in [0.25, 0.3) is 0 Å². The molecule has 2 aromatic rings. The lowest BCUT2D eigenvalue weighted by atomic mass is 9.99. The molecule has 4 nitrogen and oxygen atoms in total. The van der Waals surface area contributed by atoms with Crippen molar-refractivity contribution in [3.05, 3.63) is 52.5 Å². The molecule has 2 heterocycles. The van der Waals surface area contributed by atoms with Crippen molar-refractivity contribution in [2.24, 2.45) is 5.92 Å². The monoisotopic (exact) mass is 301 g/mol. The van der Waals surface area contributed by atoms with Crippen molar-refractivity contribution in [1.82, 2.24) is 15.2 Å². The SMILES string of the molecule is O=C(NCc1cscn1)N1CC[C@H](Cc2ccccc2)C1. The average Bonchev–Trinajstić information content (AvgIpc) is 3.17. The first-order valence-corrected chi connectivity index (χ1v) is 8.19. The van der Waals surface area contributed by atoms with Crippen LogP contribution < -0.4 is 5.32 Å².